The Hall–Kier alpha value is -1.47. The number of hydrogen-bond acceptors (Lipinski definition) is 6. The highest BCUT2D eigenvalue weighted by atomic mass is 79.9. The zero-order valence-electron chi connectivity index (χ0n) is 10.7. The van der Waals surface area contributed by atoms with Crippen molar-refractivity contribution >= 4 is 33.5 Å². The molecule has 0 saturated heterocycles. The Balaban J connectivity index is 1.88. The third kappa shape index (κ3) is 2.69. The fraction of sp³-hybridized carbons (Fsp3) is 0.231. The third-order valence-corrected chi connectivity index (χ3v) is 4.73. The van der Waals surface area contributed by atoms with E-state index in [1.54, 1.807) is 11.8 Å². The van der Waals surface area contributed by atoms with E-state index in [-0.39, 0.29) is 0 Å². The second kappa shape index (κ2) is 5.88. The van der Waals surface area contributed by atoms with Gasteiger partial charge in [0.15, 0.2) is 11.5 Å². The molecule has 1 aliphatic rings. The maximum Gasteiger partial charge on any atom is 0.162 e. The molecule has 104 valence electrons. The highest BCUT2D eigenvalue weighted by Crippen LogP contribution is 2.39. The molecule has 0 unspecified atom stereocenters. The highest BCUT2D eigenvalue weighted by molar-refractivity contribution is 9.10. The second-order valence-electron chi connectivity index (χ2n) is 4.00. The predicted octanol–water partition coefficient (Wildman–Crippen LogP) is 3.20. The van der Waals surface area contributed by atoms with Crippen LogP contribution in [0.1, 0.15) is 0 Å². The quantitative estimate of drug-likeness (QED) is 0.855. The van der Waals surface area contributed by atoms with Crippen molar-refractivity contribution in [2.45, 2.75) is 9.92 Å². The molecule has 5 nitrogen and oxygen atoms in total. The second-order valence-corrected chi connectivity index (χ2v) is 5.85. The Bertz CT molecular complexity index is 639. The molecule has 0 bridgehead atoms. The van der Waals surface area contributed by atoms with Crippen molar-refractivity contribution in [2.75, 3.05) is 25.6 Å². The zero-order chi connectivity index (χ0) is 13.9. The lowest BCUT2D eigenvalue weighted by atomic mass is 10.3. The highest BCUT2D eigenvalue weighted by Gasteiger charge is 2.14. The molecular formula is C13H12BrN3O2S. The number of benzene rings is 1. The SMILES string of the molecule is CNc1ncnc(Sc2ccc3c(c2)OCCO3)c1Br. The molecule has 0 radical (unpaired) electrons. The van der Waals surface area contributed by atoms with Crippen molar-refractivity contribution in [1.82, 2.24) is 9.97 Å². The summed E-state index contributed by atoms with van der Waals surface area (Å²) in [5.74, 6) is 2.33. The normalized spacial score (nSPS) is 13.1. The first-order chi connectivity index (χ1) is 9.78. The van der Waals surface area contributed by atoms with Crippen LogP contribution in [0.5, 0.6) is 11.5 Å². The summed E-state index contributed by atoms with van der Waals surface area (Å²) < 4.78 is 11.9. The van der Waals surface area contributed by atoms with Crippen LogP contribution in [0.3, 0.4) is 0 Å². The van der Waals surface area contributed by atoms with Crippen molar-refractivity contribution in [3.63, 3.8) is 0 Å². The Kier molecular flexibility index (Phi) is 3.98. The monoisotopic (exact) mass is 353 g/mol. The maximum absolute atomic E-state index is 5.58. The molecule has 20 heavy (non-hydrogen) atoms. The first kappa shape index (κ1) is 13.5. The summed E-state index contributed by atoms with van der Waals surface area (Å²) in [7, 11) is 1.83. The minimum absolute atomic E-state index is 0.586. The summed E-state index contributed by atoms with van der Waals surface area (Å²) in [5, 5.41) is 3.86. The van der Waals surface area contributed by atoms with Gasteiger partial charge in [-0.1, -0.05) is 11.8 Å². The lowest BCUT2D eigenvalue weighted by Gasteiger charge is -2.18. The zero-order valence-corrected chi connectivity index (χ0v) is 13.1. The van der Waals surface area contributed by atoms with Gasteiger partial charge < -0.3 is 14.8 Å². The first-order valence-electron chi connectivity index (χ1n) is 6.03. The minimum Gasteiger partial charge on any atom is -0.486 e. The number of nitrogens with zero attached hydrogens (tertiary/aromatic N) is 2. The minimum atomic E-state index is 0.586. The summed E-state index contributed by atoms with van der Waals surface area (Å²) in [5.41, 5.74) is 0. The molecular weight excluding hydrogens is 342 g/mol. The summed E-state index contributed by atoms with van der Waals surface area (Å²) in [4.78, 5) is 9.47. The van der Waals surface area contributed by atoms with Gasteiger partial charge in [-0.3, -0.25) is 0 Å². The Morgan fingerprint density at radius 2 is 2.00 bits per heavy atom. The van der Waals surface area contributed by atoms with E-state index in [2.05, 4.69) is 31.2 Å². The number of rotatable bonds is 3. The number of aromatic nitrogens is 2. The van der Waals surface area contributed by atoms with Crippen LogP contribution in [0.2, 0.25) is 0 Å². The van der Waals surface area contributed by atoms with Gasteiger partial charge >= 0.3 is 0 Å². The van der Waals surface area contributed by atoms with Gasteiger partial charge in [0.25, 0.3) is 0 Å². The van der Waals surface area contributed by atoms with Crippen LogP contribution in [0.25, 0.3) is 0 Å². The summed E-state index contributed by atoms with van der Waals surface area (Å²) in [6.07, 6.45) is 1.54. The molecule has 0 spiro atoms. The molecule has 1 aromatic heterocycles. The fourth-order valence-electron chi connectivity index (χ4n) is 1.80. The Morgan fingerprint density at radius 3 is 2.80 bits per heavy atom. The molecule has 2 aromatic rings. The average Bonchev–Trinajstić information content (AvgIpc) is 2.49. The van der Waals surface area contributed by atoms with E-state index in [0.29, 0.717) is 13.2 Å². The van der Waals surface area contributed by atoms with Crippen molar-refractivity contribution in [3.05, 3.63) is 29.0 Å². The number of nitrogens with one attached hydrogen (secondary N) is 1. The van der Waals surface area contributed by atoms with Crippen LogP contribution in [0.15, 0.2) is 38.9 Å². The number of anilines is 1. The number of ether oxygens (including phenoxy) is 2. The largest absolute Gasteiger partial charge is 0.486 e. The van der Waals surface area contributed by atoms with Gasteiger partial charge in [-0.15, -0.1) is 0 Å². The van der Waals surface area contributed by atoms with E-state index in [9.17, 15) is 0 Å². The molecule has 0 fully saturated rings. The molecule has 0 saturated carbocycles. The Labute approximate surface area is 129 Å². The average molecular weight is 354 g/mol. The van der Waals surface area contributed by atoms with Gasteiger partial charge in [-0.05, 0) is 34.1 Å². The molecule has 0 atom stereocenters. The van der Waals surface area contributed by atoms with E-state index >= 15 is 0 Å². The lowest BCUT2D eigenvalue weighted by Crippen LogP contribution is -2.15. The van der Waals surface area contributed by atoms with Gasteiger partial charge in [0, 0.05) is 11.9 Å². The molecule has 1 aliphatic heterocycles. The van der Waals surface area contributed by atoms with Crippen LogP contribution in [-0.2, 0) is 0 Å². The number of fused-ring (bicyclic) bond motifs is 1. The molecule has 0 amide bonds. The molecule has 1 aromatic carbocycles. The van der Waals surface area contributed by atoms with Crippen molar-refractivity contribution < 1.29 is 9.47 Å². The van der Waals surface area contributed by atoms with Gasteiger partial charge in [-0.2, -0.15) is 0 Å². The summed E-state index contributed by atoms with van der Waals surface area (Å²) in [6, 6.07) is 5.88. The lowest BCUT2D eigenvalue weighted by molar-refractivity contribution is 0.171. The molecule has 1 N–H and O–H groups in total. The molecule has 7 heteroatoms. The van der Waals surface area contributed by atoms with E-state index in [4.69, 9.17) is 9.47 Å². The van der Waals surface area contributed by atoms with Crippen LogP contribution in [-0.4, -0.2) is 30.2 Å². The van der Waals surface area contributed by atoms with E-state index in [1.165, 1.54) is 6.33 Å². The smallest absolute Gasteiger partial charge is 0.162 e. The van der Waals surface area contributed by atoms with Crippen LogP contribution >= 0.6 is 27.7 Å². The van der Waals surface area contributed by atoms with Crippen LogP contribution in [0, 0.1) is 0 Å². The topological polar surface area (TPSA) is 56.3 Å². The number of halogens is 1. The van der Waals surface area contributed by atoms with Crippen LogP contribution in [0.4, 0.5) is 5.82 Å². The van der Waals surface area contributed by atoms with Crippen molar-refractivity contribution in [2.24, 2.45) is 0 Å². The van der Waals surface area contributed by atoms with E-state index in [0.717, 1.165) is 31.7 Å². The molecule has 2 heterocycles. The summed E-state index contributed by atoms with van der Waals surface area (Å²) >= 11 is 5.05. The maximum atomic E-state index is 5.58. The van der Waals surface area contributed by atoms with Crippen molar-refractivity contribution in [3.8, 4) is 11.5 Å². The first-order valence-corrected chi connectivity index (χ1v) is 7.64. The van der Waals surface area contributed by atoms with Gasteiger partial charge in [0.1, 0.15) is 30.4 Å². The van der Waals surface area contributed by atoms with Crippen LogP contribution < -0.4 is 14.8 Å². The Morgan fingerprint density at radius 1 is 1.20 bits per heavy atom. The molecule has 3 rings (SSSR count). The van der Waals surface area contributed by atoms with Gasteiger partial charge in [0.05, 0.1) is 4.47 Å². The predicted molar refractivity (Wildman–Crippen MR) is 80.8 cm³/mol. The van der Waals surface area contributed by atoms with Gasteiger partial charge in [-0.25, -0.2) is 9.97 Å². The van der Waals surface area contributed by atoms with Gasteiger partial charge in [0.2, 0.25) is 0 Å². The third-order valence-electron chi connectivity index (χ3n) is 2.72. The van der Waals surface area contributed by atoms with Crippen molar-refractivity contribution in [1.29, 1.82) is 0 Å². The van der Waals surface area contributed by atoms with E-state index < -0.39 is 0 Å². The number of hydrogen-bond donors (Lipinski definition) is 1. The standard InChI is InChI=1S/C13H12BrN3O2S/c1-15-12-11(14)13(17-7-16-12)20-8-2-3-9-10(6-8)19-5-4-18-9/h2-3,6-7H,4-5H2,1H3,(H,15,16,17). The van der Waals surface area contributed by atoms with E-state index in [1.807, 2.05) is 25.2 Å². The molecule has 0 aliphatic carbocycles. The fourth-order valence-corrected chi connectivity index (χ4v) is 3.26. The summed E-state index contributed by atoms with van der Waals surface area (Å²) in [6.45, 7) is 1.19.